The van der Waals surface area contributed by atoms with Gasteiger partial charge in [-0.1, -0.05) is 6.92 Å². The summed E-state index contributed by atoms with van der Waals surface area (Å²) in [6.07, 6.45) is 3.80. The van der Waals surface area contributed by atoms with Gasteiger partial charge < -0.3 is 9.47 Å². The maximum atomic E-state index is 5.86. The highest BCUT2D eigenvalue weighted by molar-refractivity contribution is 5.18. The van der Waals surface area contributed by atoms with Crippen molar-refractivity contribution in [1.82, 2.24) is 4.90 Å². The van der Waals surface area contributed by atoms with E-state index in [2.05, 4.69) is 39.5 Å². The fourth-order valence-electron chi connectivity index (χ4n) is 4.45. The SMILES string of the molecule is CC1COC(C[C@@]23C[C@@H](C)N(C(C)(C)C)[C@@H]2C3)OC1. The lowest BCUT2D eigenvalue weighted by molar-refractivity contribution is -0.206. The summed E-state index contributed by atoms with van der Waals surface area (Å²) in [4.78, 5) is 2.72. The van der Waals surface area contributed by atoms with E-state index in [1.165, 1.54) is 12.8 Å². The largest absolute Gasteiger partial charge is 0.352 e. The first-order valence-electron chi connectivity index (χ1n) is 7.83. The topological polar surface area (TPSA) is 21.7 Å². The summed E-state index contributed by atoms with van der Waals surface area (Å²) in [5, 5.41) is 0. The van der Waals surface area contributed by atoms with Crippen molar-refractivity contribution in [2.75, 3.05) is 13.2 Å². The summed E-state index contributed by atoms with van der Waals surface area (Å²) in [5.41, 5.74) is 0.767. The molecular formula is C16H29NO2. The number of ether oxygens (including phenoxy) is 2. The fraction of sp³-hybridized carbons (Fsp3) is 1.00. The van der Waals surface area contributed by atoms with E-state index in [-0.39, 0.29) is 11.8 Å². The van der Waals surface area contributed by atoms with Crippen LogP contribution in [0.5, 0.6) is 0 Å². The predicted molar refractivity (Wildman–Crippen MR) is 76.0 cm³/mol. The van der Waals surface area contributed by atoms with Crippen LogP contribution in [-0.4, -0.2) is 42.0 Å². The van der Waals surface area contributed by atoms with E-state index in [1.54, 1.807) is 0 Å². The number of hydrogen-bond acceptors (Lipinski definition) is 3. The zero-order chi connectivity index (χ0) is 13.8. The molecule has 0 bridgehead atoms. The van der Waals surface area contributed by atoms with Crippen LogP contribution in [0.25, 0.3) is 0 Å². The molecule has 1 aliphatic carbocycles. The van der Waals surface area contributed by atoms with Crippen molar-refractivity contribution < 1.29 is 9.47 Å². The second-order valence-electron chi connectivity index (χ2n) is 8.12. The van der Waals surface area contributed by atoms with Crippen LogP contribution < -0.4 is 0 Å². The van der Waals surface area contributed by atoms with Crippen molar-refractivity contribution in [3.8, 4) is 0 Å². The minimum absolute atomic E-state index is 0.0494. The van der Waals surface area contributed by atoms with Crippen LogP contribution in [0.2, 0.25) is 0 Å². The van der Waals surface area contributed by atoms with Crippen LogP contribution in [-0.2, 0) is 9.47 Å². The van der Waals surface area contributed by atoms with Crippen molar-refractivity contribution in [2.45, 2.75) is 77.8 Å². The molecule has 0 unspecified atom stereocenters. The molecule has 1 saturated carbocycles. The first kappa shape index (κ1) is 13.8. The quantitative estimate of drug-likeness (QED) is 0.767. The molecule has 2 aliphatic heterocycles. The smallest absolute Gasteiger partial charge is 0.158 e. The molecule has 110 valence electrons. The highest BCUT2D eigenvalue weighted by atomic mass is 16.7. The van der Waals surface area contributed by atoms with Gasteiger partial charge in [-0.3, -0.25) is 4.90 Å². The monoisotopic (exact) mass is 267 g/mol. The van der Waals surface area contributed by atoms with Gasteiger partial charge in [0.05, 0.1) is 13.2 Å². The molecule has 3 aliphatic rings. The molecule has 0 aromatic heterocycles. The van der Waals surface area contributed by atoms with Gasteiger partial charge in [-0.05, 0) is 46.0 Å². The fourth-order valence-corrected chi connectivity index (χ4v) is 4.45. The Bertz CT molecular complexity index is 343. The molecule has 0 aromatic carbocycles. The predicted octanol–water partition coefficient (Wildman–Crippen LogP) is 3.04. The van der Waals surface area contributed by atoms with Gasteiger partial charge in [-0.25, -0.2) is 0 Å². The Morgan fingerprint density at radius 1 is 1.11 bits per heavy atom. The number of likely N-dealkylation sites (tertiary alicyclic amines) is 1. The van der Waals surface area contributed by atoms with Gasteiger partial charge in [-0.15, -0.1) is 0 Å². The van der Waals surface area contributed by atoms with E-state index >= 15 is 0 Å². The molecule has 3 atom stereocenters. The highest BCUT2D eigenvalue weighted by Gasteiger charge is 2.65. The van der Waals surface area contributed by atoms with E-state index < -0.39 is 0 Å². The lowest BCUT2D eigenvalue weighted by atomic mass is 9.95. The summed E-state index contributed by atoms with van der Waals surface area (Å²) >= 11 is 0. The van der Waals surface area contributed by atoms with Crippen LogP contribution in [0.15, 0.2) is 0 Å². The summed E-state index contributed by atoms with van der Waals surface area (Å²) in [5.74, 6) is 0.553. The Labute approximate surface area is 117 Å². The van der Waals surface area contributed by atoms with Crippen molar-refractivity contribution in [1.29, 1.82) is 0 Å². The van der Waals surface area contributed by atoms with Gasteiger partial charge in [0, 0.05) is 30.0 Å². The molecular weight excluding hydrogens is 238 g/mol. The second-order valence-corrected chi connectivity index (χ2v) is 8.12. The van der Waals surface area contributed by atoms with Crippen LogP contribution in [0.3, 0.4) is 0 Å². The molecule has 2 heterocycles. The first-order valence-corrected chi connectivity index (χ1v) is 7.83. The van der Waals surface area contributed by atoms with Gasteiger partial charge in [-0.2, -0.15) is 0 Å². The average molecular weight is 267 g/mol. The maximum absolute atomic E-state index is 5.86. The van der Waals surface area contributed by atoms with Crippen LogP contribution >= 0.6 is 0 Å². The second kappa shape index (κ2) is 4.44. The molecule has 0 spiro atoms. The standard InChI is InChI=1S/C16H29NO2/c1-11-9-18-14(19-10-11)8-16-6-12(2)17(13(16)7-16)15(3,4)5/h11-14H,6-10H2,1-5H3/t11?,12-,13-,14?,16+/m1/s1. The van der Waals surface area contributed by atoms with Crippen molar-refractivity contribution >= 4 is 0 Å². The minimum Gasteiger partial charge on any atom is -0.352 e. The molecule has 19 heavy (non-hydrogen) atoms. The van der Waals surface area contributed by atoms with Gasteiger partial charge in [0.1, 0.15) is 0 Å². The van der Waals surface area contributed by atoms with E-state index in [4.69, 9.17) is 9.47 Å². The molecule has 3 rings (SSSR count). The molecule has 3 nitrogen and oxygen atoms in total. The van der Waals surface area contributed by atoms with Crippen LogP contribution in [0.1, 0.15) is 53.9 Å². The van der Waals surface area contributed by atoms with Gasteiger partial charge in [0.25, 0.3) is 0 Å². The Morgan fingerprint density at radius 3 is 2.26 bits per heavy atom. The molecule has 3 fully saturated rings. The molecule has 3 heteroatoms. The first-order chi connectivity index (χ1) is 8.82. The average Bonchev–Trinajstić information content (AvgIpc) is 2.85. The lowest BCUT2D eigenvalue weighted by Gasteiger charge is -2.37. The number of nitrogens with zero attached hydrogens (tertiary/aromatic N) is 1. The Hall–Kier alpha value is -0.120. The van der Waals surface area contributed by atoms with Gasteiger partial charge in [0.15, 0.2) is 6.29 Å². The van der Waals surface area contributed by atoms with E-state index in [9.17, 15) is 0 Å². The zero-order valence-corrected chi connectivity index (χ0v) is 13.1. The summed E-state index contributed by atoms with van der Waals surface area (Å²) in [6.45, 7) is 13.3. The number of fused-ring (bicyclic) bond motifs is 1. The van der Waals surface area contributed by atoms with Gasteiger partial charge in [0.2, 0.25) is 0 Å². The Balaban J connectivity index is 1.62. The summed E-state index contributed by atoms with van der Waals surface area (Å²) < 4.78 is 11.7. The molecule has 0 amide bonds. The number of hydrogen-bond donors (Lipinski definition) is 0. The number of rotatable bonds is 2. The zero-order valence-electron chi connectivity index (χ0n) is 13.1. The van der Waals surface area contributed by atoms with Crippen LogP contribution in [0, 0.1) is 11.3 Å². The number of piperidine rings is 1. The van der Waals surface area contributed by atoms with E-state index in [0.29, 0.717) is 17.4 Å². The minimum atomic E-state index is 0.0494. The van der Waals surface area contributed by atoms with E-state index in [0.717, 1.165) is 25.7 Å². The normalized spacial score (nSPS) is 47.2. The molecule has 0 aromatic rings. The lowest BCUT2D eigenvalue weighted by Crippen LogP contribution is -2.45. The van der Waals surface area contributed by atoms with Crippen molar-refractivity contribution in [3.05, 3.63) is 0 Å². The van der Waals surface area contributed by atoms with Crippen molar-refractivity contribution in [3.63, 3.8) is 0 Å². The molecule has 0 N–H and O–H groups in total. The van der Waals surface area contributed by atoms with E-state index in [1.807, 2.05) is 0 Å². The highest BCUT2D eigenvalue weighted by Crippen LogP contribution is 2.63. The van der Waals surface area contributed by atoms with Gasteiger partial charge >= 0.3 is 0 Å². The maximum Gasteiger partial charge on any atom is 0.158 e. The summed E-state index contributed by atoms with van der Waals surface area (Å²) in [6, 6.07) is 1.45. The third-order valence-corrected chi connectivity index (χ3v) is 5.14. The molecule has 0 radical (unpaired) electrons. The summed E-state index contributed by atoms with van der Waals surface area (Å²) in [7, 11) is 0. The Kier molecular flexibility index (Phi) is 3.23. The molecule has 2 saturated heterocycles. The third kappa shape index (κ3) is 2.45. The Morgan fingerprint density at radius 2 is 1.74 bits per heavy atom. The van der Waals surface area contributed by atoms with Crippen molar-refractivity contribution in [2.24, 2.45) is 11.3 Å². The third-order valence-electron chi connectivity index (χ3n) is 5.14. The van der Waals surface area contributed by atoms with Crippen LogP contribution in [0.4, 0.5) is 0 Å².